The molecule has 0 spiro atoms. The maximum atomic E-state index is 2.39. The molecule has 1 aliphatic rings. The molecule has 0 fully saturated rings. The maximum Gasteiger partial charge on any atom is -0.00266 e. The van der Waals surface area contributed by atoms with Gasteiger partial charge in [-0.15, -0.1) is 0 Å². The number of fused-ring (bicyclic) bond motifs is 9. The second kappa shape index (κ2) is 4.24. The lowest BCUT2D eigenvalue weighted by molar-refractivity contribution is 1.55. The first-order chi connectivity index (χ1) is 11.9. The average Bonchev–Trinajstić information content (AvgIpc) is 2.65. The van der Waals surface area contributed by atoms with Gasteiger partial charge >= 0.3 is 0 Å². The SMILES string of the molecule is c1ccc2c(c1)-c1cc3ccc4ccc5ccccc5c4c3cc1-2. The van der Waals surface area contributed by atoms with Crippen molar-refractivity contribution in [3.63, 3.8) is 0 Å². The van der Waals surface area contributed by atoms with E-state index in [0.717, 1.165) is 0 Å². The quantitative estimate of drug-likeness (QED) is 0.271. The van der Waals surface area contributed by atoms with Crippen LogP contribution in [0.4, 0.5) is 0 Å². The normalized spacial score (nSPS) is 12.2. The van der Waals surface area contributed by atoms with Gasteiger partial charge in [0.25, 0.3) is 0 Å². The van der Waals surface area contributed by atoms with E-state index in [-0.39, 0.29) is 0 Å². The Morgan fingerprint density at radius 2 is 1.00 bits per heavy atom. The zero-order valence-electron chi connectivity index (χ0n) is 13.1. The predicted molar refractivity (Wildman–Crippen MR) is 103 cm³/mol. The van der Waals surface area contributed by atoms with E-state index in [2.05, 4.69) is 84.9 Å². The fourth-order valence-corrected chi connectivity index (χ4v) is 4.21. The number of rotatable bonds is 0. The van der Waals surface area contributed by atoms with Crippen molar-refractivity contribution < 1.29 is 0 Å². The number of hydrogen-bond acceptors (Lipinski definition) is 0. The van der Waals surface area contributed by atoms with Crippen LogP contribution in [0.5, 0.6) is 0 Å². The Labute approximate surface area is 140 Å². The van der Waals surface area contributed by atoms with Gasteiger partial charge < -0.3 is 0 Å². The molecule has 0 N–H and O–H groups in total. The fourth-order valence-electron chi connectivity index (χ4n) is 4.21. The third kappa shape index (κ3) is 1.43. The lowest BCUT2D eigenvalue weighted by Gasteiger charge is -2.25. The molecule has 0 aromatic heterocycles. The second-order valence-corrected chi connectivity index (χ2v) is 6.61. The van der Waals surface area contributed by atoms with E-state index in [4.69, 9.17) is 0 Å². The van der Waals surface area contributed by atoms with Gasteiger partial charge in [0.05, 0.1) is 0 Å². The van der Waals surface area contributed by atoms with Crippen molar-refractivity contribution in [2.45, 2.75) is 0 Å². The van der Waals surface area contributed by atoms with Gasteiger partial charge in [-0.05, 0) is 66.7 Å². The molecule has 0 atom stereocenters. The van der Waals surface area contributed by atoms with Crippen molar-refractivity contribution in [3.05, 3.63) is 84.9 Å². The van der Waals surface area contributed by atoms with Crippen LogP contribution in [0.25, 0.3) is 54.6 Å². The largest absolute Gasteiger partial charge is 0.0616 e. The zero-order chi connectivity index (χ0) is 15.7. The molecular weight excluding hydrogens is 288 g/mol. The van der Waals surface area contributed by atoms with E-state index >= 15 is 0 Å². The van der Waals surface area contributed by atoms with Crippen molar-refractivity contribution >= 4 is 32.3 Å². The molecule has 0 heteroatoms. The minimum absolute atomic E-state index is 1.31. The van der Waals surface area contributed by atoms with Crippen LogP contribution in [-0.4, -0.2) is 0 Å². The number of benzene rings is 5. The molecule has 0 saturated carbocycles. The molecule has 0 radical (unpaired) electrons. The van der Waals surface area contributed by atoms with Gasteiger partial charge in [0.1, 0.15) is 0 Å². The smallest absolute Gasteiger partial charge is 0.00266 e. The first-order valence-electron chi connectivity index (χ1n) is 8.38. The maximum absolute atomic E-state index is 2.39. The summed E-state index contributed by atoms with van der Waals surface area (Å²) in [5.74, 6) is 0. The Bertz CT molecular complexity index is 1290. The molecule has 0 nitrogen and oxygen atoms in total. The Kier molecular flexibility index (Phi) is 2.18. The molecule has 0 heterocycles. The lowest BCUT2D eigenvalue weighted by atomic mass is 9.78. The van der Waals surface area contributed by atoms with Crippen molar-refractivity contribution in [1.29, 1.82) is 0 Å². The summed E-state index contributed by atoms with van der Waals surface area (Å²) in [6, 6.07) is 31.1. The fraction of sp³-hybridized carbons (Fsp3) is 0. The summed E-state index contributed by atoms with van der Waals surface area (Å²) in [4.78, 5) is 0. The van der Waals surface area contributed by atoms with Gasteiger partial charge in [0.15, 0.2) is 0 Å². The summed E-state index contributed by atoms with van der Waals surface area (Å²) in [6.07, 6.45) is 0. The highest BCUT2D eigenvalue weighted by Gasteiger charge is 2.22. The average molecular weight is 302 g/mol. The Morgan fingerprint density at radius 3 is 1.83 bits per heavy atom. The minimum atomic E-state index is 1.31. The molecule has 5 aromatic carbocycles. The van der Waals surface area contributed by atoms with Gasteiger partial charge in [-0.2, -0.15) is 0 Å². The summed E-state index contributed by atoms with van der Waals surface area (Å²) in [6.45, 7) is 0. The summed E-state index contributed by atoms with van der Waals surface area (Å²) in [5.41, 5.74) is 5.54. The molecule has 6 rings (SSSR count). The summed E-state index contributed by atoms with van der Waals surface area (Å²) >= 11 is 0. The third-order valence-electron chi connectivity index (χ3n) is 5.37. The first kappa shape index (κ1) is 12.3. The lowest BCUT2D eigenvalue weighted by Crippen LogP contribution is -1.98. The van der Waals surface area contributed by atoms with Crippen LogP contribution >= 0.6 is 0 Å². The topological polar surface area (TPSA) is 0 Å². The van der Waals surface area contributed by atoms with E-state index in [0.29, 0.717) is 0 Å². The molecule has 0 unspecified atom stereocenters. The molecular formula is C24H14. The van der Waals surface area contributed by atoms with Crippen molar-refractivity contribution in [3.8, 4) is 22.3 Å². The van der Waals surface area contributed by atoms with Gasteiger partial charge in [-0.1, -0.05) is 72.8 Å². The van der Waals surface area contributed by atoms with E-state index < -0.39 is 0 Å². The van der Waals surface area contributed by atoms with Crippen molar-refractivity contribution in [1.82, 2.24) is 0 Å². The third-order valence-corrected chi connectivity index (χ3v) is 5.37. The molecule has 0 amide bonds. The summed E-state index contributed by atoms with van der Waals surface area (Å²) in [7, 11) is 0. The van der Waals surface area contributed by atoms with Crippen LogP contribution in [0.2, 0.25) is 0 Å². The van der Waals surface area contributed by atoms with E-state index in [1.54, 1.807) is 0 Å². The molecule has 24 heavy (non-hydrogen) atoms. The van der Waals surface area contributed by atoms with Crippen LogP contribution in [-0.2, 0) is 0 Å². The minimum Gasteiger partial charge on any atom is -0.0616 e. The van der Waals surface area contributed by atoms with Crippen LogP contribution in [0, 0.1) is 0 Å². The van der Waals surface area contributed by atoms with Gasteiger partial charge in [0.2, 0.25) is 0 Å². The molecule has 0 aliphatic heterocycles. The van der Waals surface area contributed by atoms with Gasteiger partial charge in [0, 0.05) is 0 Å². The Morgan fingerprint density at radius 1 is 0.375 bits per heavy atom. The van der Waals surface area contributed by atoms with Crippen molar-refractivity contribution in [2.75, 3.05) is 0 Å². The van der Waals surface area contributed by atoms with Crippen LogP contribution in [0.1, 0.15) is 0 Å². The van der Waals surface area contributed by atoms with E-state index in [1.807, 2.05) is 0 Å². The predicted octanol–water partition coefficient (Wildman–Crippen LogP) is 6.79. The van der Waals surface area contributed by atoms with Gasteiger partial charge in [-0.25, -0.2) is 0 Å². The van der Waals surface area contributed by atoms with E-state index in [9.17, 15) is 0 Å². The van der Waals surface area contributed by atoms with Crippen LogP contribution < -0.4 is 0 Å². The highest BCUT2D eigenvalue weighted by Crippen LogP contribution is 2.49. The Hall–Kier alpha value is -3.12. The monoisotopic (exact) mass is 302 g/mol. The molecule has 0 saturated heterocycles. The first-order valence-corrected chi connectivity index (χ1v) is 8.38. The second-order valence-electron chi connectivity index (χ2n) is 6.61. The number of hydrogen-bond donors (Lipinski definition) is 0. The van der Waals surface area contributed by atoms with Crippen LogP contribution in [0.3, 0.4) is 0 Å². The standard InChI is InChI=1S/C24H14/c1-2-6-18-15(5-1)9-10-16-11-12-17-13-22-19-7-3-4-8-20(19)23(22)14-21(17)24(16)18/h1-14H. The highest BCUT2D eigenvalue weighted by molar-refractivity contribution is 6.22. The van der Waals surface area contributed by atoms with Gasteiger partial charge in [-0.3, -0.25) is 0 Å². The summed E-state index contributed by atoms with van der Waals surface area (Å²) in [5, 5.41) is 8.02. The van der Waals surface area contributed by atoms with E-state index in [1.165, 1.54) is 54.6 Å². The van der Waals surface area contributed by atoms with Crippen LogP contribution in [0.15, 0.2) is 84.9 Å². The zero-order valence-corrected chi connectivity index (χ0v) is 13.1. The summed E-state index contributed by atoms with van der Waals surface area (Å²) < 4.78 is 0. The molecule has 1 aliphatic carbocycles. The molecule has 110 valence electrons. The highest BCUT2D eigenvalue weighted by atomic mass is 14.3. The van der Waals surface area contributed by atoms with Crippen molar-refractivity contribution in [2.24, 2.45) is 0 Å². The molecule has 5 aromatic rings. The molecule has 0 bridgehead atoms. The Balaban J connectivity index is 1.81.